The summed E-state index contributed by atoms with van der Waals surface area (Å²) in [5.74, 6) is 0.496. The zero-order chi connectivity index (χ0) is 13.4. The molecule has 19 heavy (non-hydrogen) atoms. The van der Waals surface area contributed by atoms with Crippen molar-refractivity contribution in [1.29, 1.82) is 0 Å². The Hall–Kier alpha value is -1.07. The van der Waals surface area contributed by atoms with Crippen LogP contribution in [0, 0.1) is 5.92 Å². The fourth-order valence-electron chi connectivity index (χ4n) is 2.55. The number of thiophene rings is 1. The molecule has 5 heteroatoms. The smallest absolute Gasteiger partial charge is 0.178 e. The summed E-state index contributed by atoms with van der Waals surface area (Å²) in [4.78, 5) is 15.2. The summed E-state index contributed by atoms with van der Waals surface area (Å²) >= 11 is 1.53. The summed E-state index contributed by atoms with van der Waals surface area (Å²) in [6, 6.07) is 2.44. The number of hydrogen-bond donors (Lipinski definition) is 2. The van der Waals surface area contributed by atoms with Gasteiger partial charge in [0.2, 0.25) is 0 Å². The van der Waals surface area contributed by atoms with Gasteiger partial charge in [-0.15, -0.1) is 11.3 Å². The first-order chi connectivity index (χ1) is 9.13. The van der Waals surface area contributed by atoms with Gasteiger partial charge in [0.05, 0.1) is 15.6 Å². The van der Waals surface area contributed by atoms with Gasteiger partial charge in [0, 0.05) is 12.0 Å². The van der Waals surface area contributed by atoms with Gasteiger partial charge in [-0.05, 0) is 51.9 Å². The molecule has 1 aliphatic carbocycles. The lowest BCUT2D eigenvalue weighted by Crippen LogP contribution is -2.36. The fourth-order valence-corrected chi connectivity index (χ4v) is 3.63. The number of ketones is 1. The van der Waals surface area contributed by atoms with E-state index >= 15 is 0 Å². The van der Waals surface area contributed by atoms with Gasteiger partial charge in [0.15, 0.2) is 5.78 Å². The number of piperidine rings is 1. The number of rotatable bonds is 4. The van der Waals surface area contributed by atoms with E-state index in [-0.39, 0.29) is 11.7 Å². The molecule has 0 bridgehead atoms. The lowest BCUT2D eigenvalue weighted by molar-refractivity contribution is 0.0972. The molecule has 0 aromatic carbocycles. The third kappa shape index (κ3) is 2.92. The molecule has 1 aromatic heterocycles. The number of nitrogens with two attached hydrogens (primary N) is 1. The first kappa shape index (κ1) is 12.9. The summed E-state index contributed by atoms with van der Waals surface area (Å²) < 4.78 is 0. The molecule has 1 saturated carbocycles. The molecule has 1 aromatic rings. The average molecular weight is 279 g/mol. The zero-order valence-electron chi connectivity index (χ0n) is 11.3. The Labute approximate surface area is 118 Å². The van der Waals surface area contributed by atoms with E-state index in [1.165, 1.54) is 11.3 Å². The molecule has 0 atom stereocenters. The molecule has 1 aliphatic heterocycles. The highest BCUT2D eigenvalue weighted by molar-refractivity contribution is 7.18. The predicted molar refractivity (Wildman–Crippen MR) is 79.9 cm³/mol. The second-order valence-corrected chi connectivity index (χ2v) is 6.81. The Bertz CT molecular complexity index is 473. The van der Waals surface area contributed by atoms with Gasteiger partial charge >= 0.3 is 0 Å². The Kier molecular flexibility index (Phi) is 3.50. The van der Waals surface area contributed by atoms with Crippen LogP contribution < -0.4 is 11.1 Å². The molecule has 0 radical (unpaired) electrons. The molecule has 2 heterocycles. The number of nitrogen functional groups attached to an aromatic ring is 1. The maximum atomic E-state index is 12.1. The molecule has 2 aliphatic rings. The standard InChI is InChI=1S/C14H21N3OS/c1-17-6-4-10(5-7-17)16-12-8-11(15)14(19-12)13(18)9-2-3-9/h8-10,16H,2-7,15H2,1H3. The number of Topliss-reactive ketones (excluding diaryl/α,β-unsaturated/α-hetero) is 1. The van der Waals surface area contributed by atoms with Crippen LogP contribution in [0.15, 0.2) is 6.07 Å². The highest BCUT2D eigenvalue weighted by atomic mass is 32.1. The van der Waals surface area contributed by atoms with Crippen molar-refractivity contribution >= 4 is 27.8 Å². The average Bonchev–Trinajstić information content (AvgIpc) is 3.16. The Morgan fingerprint density at radius 2 is 2.05 bits per heavy atom. The molecule has 3 N–H and O–H groups in total. The second kappa shape index (κ2) is 5.13. The molecule has 104 valence electrons. The molecule has 1 saturated heterocycles. The van der Waals surface area contributed by atoms with Crippen molar-refractivity contribution in [2.45, 2.75) is 31.7 Å². The van der Waals surface area contributed by atoms with E-state index < -0.39 is 0 Å². The molecule has 0 unspecified atom stereocenters. The monoisotopic (exact) mass is 279 g/mol. The minimum absolute atomic E-state index is 0.247. The fraction of sp³-hybridized carbons (Fsp3) is 0.643. The van der Waals surface area contributed by atoms with Crippen molar-refractivity contribution in [3.8, 4) is 0 Å². The highest BCUT2D eigenvalue weighted by Gasteiger charge is 2.32. The Balaban J connectivity index is 1.65. The lowest BCUT2D eigenvalue weighted by Gasteiger charge is -2.29. The summed E-state index contributed by atoms with van der Waals surface area (Å²) in [7, 11) is 2.16. The van der Waals surface area contributed by atoms with Gasteiger partial charge in [-0.25, -0.2) is 0 Å². The van der Waals surface area contributed by atoms with Crippen LogP contribution in [-0.4, -0.2) is 36.9 Å². The van der Waals surface area contributed by atoms with E-state index in [0.29, 0.717) is 11.7 Å². The molecule has 0 amide bonds. The molecule has 4 nitrogen and oxygen atoms in total. The largest absolute Gasteiger partial charge is 0.397 e. The second-order valence-electron chi connectivity index (χ2n) is 5.76. The Morgan fingerprint density at radius 1 is 1.37 bits per heavy atom. The van der Waals surface area contributed by atoms with E-state index in [9.17, 15) is 4.79 Å². The molecular weight excluding hydrogens is 258 g/mol. The maximum absolute atomic E-state index is 12.1. The number of carbonyl (C=O) groups excluding carboxylic acids is 1. The van der Waals surface area contributed by atoms with Gasteiger partial charge in [0.25, 0.3) is 0 Å². The summed E-state index contributed by atoms with van der Waals surface area (Å²) in [6.07, 6.45) is 4.38. The van der Waals surface area contributed by atoms with Crippen LogP contribution in [0.1, 0.15) is 35.4 Å². The van der Waals surface area contributed by atoms with Crippen LogP contribution in [-0.2, 0) is 0 Å². The maximum Gasteiger partial charge on any atom is 0.178 e. The van der Waals surface area contributed by atoms with Crippen molar-refractivity contribution < 1.29 is 4.79 Å². The van der Waals surface area contributed by atoms with Gasteiger partial charge in [-0.3, -0.25) is 4.79 Å². The SMILES string of the molecule is CN1CCC(Nc2cc(N)c(C(=O)C3CC3)s2)CC1. The number of carbonyl (C=O) groups is 1. The number of hydrogen-bond acceptors (Lipinski definition) is 5. The minimum Gasteiger partial charge on any atom is -0.397 e. The van der Waals surface area contributed by atoms with Crippen LogP contribution in [0.3, 0.4) is 0 Å². The molecular formula is C14H21N3OS. The van der Waals surface area contributed by atoms with E-state index in [1.807, 2.05) is 6.07 Å². The van der Waals surface area contributed by atoms with Gasteiger partial charge in [0.1, 0.15) is 0 Å². The van der Waals surface area contributed by atoms with Crippen LogP contribution >= 0.6 is 11.3 Å². The lowest BCUT2D eigenvalue weighted by atomic mass is 10.1. The number of anilines is 2. The molecule has 0 spiro atoms. The van der Waals surface area contributed by atoms with Crippen LogP contribution in [0.5, 0.6) is 0 Å². The van der Waals surface area contributed by atoms with Crippen molar-refractivity contribution in [3.05, 3.63) is 10.9 Å². The van der Waals surface area contributed by atoms with E-state index in [0.717, 1.165) is 48.7 Å². The van der Waals surface area contributed by atoms with E-state index in [2.05, 4.69) is 17.3 Å². The number of likely N-dealkylation sites (tertiary alicyclic amines) is 1. The first-order valence-corrected chi connectivity index (χ1v) is 7.83. The number of nitrogens with one attached hydrogen (secondary N) is 1. The topological polar surface area (TPSA) is 58.4 Å². The van der Waals surface area contributed by atoms with E-state index in [4.69, 9.17) is 5.73 Å². The zero-order valence-corrected chi connectivity index (χ0v) is 12.1. The Morgan fingerprint density at radius 3 is 2.68 bits per heavy atom. The first-order valence-electron chi connectivity index (χ1n) is 7.02. The molecule has 3 rings (SSSR count). The summed E-state index contributed by atoms with van der Waals surface area (Å²) in [5, 5.41) is 4.59. The number of nitrogens with zero attached hydrogens (tertiary/aromatic N) is 1. The van der Waals surface area contributed by atoms with Crippen molar-refractivity contribution in [2.75, 3.05) is 31.2 Å². The quantitative estimate of drug-likeness (QED) is 0.831. The van der Waals surface area contributed by atoms with Crippen molar-refractivity contribution in [1.82, 2.24) is 4.90 Å². The van der Waals surface area contributed by atoms with Gasteiger partial charge in [-0.1, -0.05) is 0 Å². The highest BCUT2D eigenvalue weighted by Crippen LogP contribution is 2.39. The minimum atomic E-state index is 0.247. The van der Waals surface area contributed by atoms with E-state index in [1.54, 1.807) is 0 Å². The summed E-state index contributed by atoms with van der Waals surface area (Å²) in [5.41, 5.74) is 6.63. The normalized spacial score (nSPS) is 21.5. The third-order valence-corrected chi connectivity index (χ3v) is 5.09. The van der Waals surface area contributed by atoms with Gasteiger partial charge in [-0.2, -0.15) is 0 Å². The van der Waals surface area contributed by atoms with Crippen molar-refractivity contribution in [3.63, 3.8) is 0 Å². The van der Waals surface area contributed by atoms with Crippen LogP contribution in [0.4, 0.5) is 10.7 Å². The molecule has 2 fully saturated rings. The van der Waals surface area contributed by atoms with Crippen LogP contribution in [0.2, 0.25) is 0 Å². The van der Waals surface area contributed by atoms with Crippen LogP contribution in [0.25, 0.3) is 0 Å². The summed E-state index contributed by atoms with van der Waals surface area (Å²) in [6.45, 7) is 2.26. The van der Waals surface area contributed by atoms with Gasteiger partial charge < -0.3 is 16.0 Å². The third-order valence-electron chi connectivity index (χ3n) is 4.00. The predicted octanol–water partition coefficient (Wildman–Crippen LogP) is 2.43. The van der Waals surface area contributed by atoms with Crippen molar-refractivity contribution in [2.24, 2.45) is 5.92 Å².